The summed E-state index contributed by atoms with van der Waals surface area (Å²) in [5, 5.41) is 20.7. The van der Waals surface area contributed by atoms with Gasteiger partial charge in [0.1, 0.15) is 5.75 Å². The van der Waals surface area contributed by atoms with E-state index in [1.165, 1.54) is 17.5 Å². The lowest BCUT2D eigenvalue weighted by Crippen LogP contribution is -2.45. The Morgan fingerprint density at radius 1 is 1.29 bits per heavy atom. The smallest absolute Gasteiger partial charge is 0.115 e. The first kappa shape index (κ1) is 16.4. The Morgan fingerprint density at radius 2 is 2.12 bits per heavy atom. The molecule has 2 saturated carbocycles. The average molecular weight is 330 g/mol. The van der Waals surface area contributed by atoms with E-state index in [4.69, 9.17) is 4.74 Å². The van der Waals surface area contributed by atoms with Crippen molar-refractivity contribution in [3.05, 3.63) is 29.3 Å². The second-order valence-corrected chi connectivity index (χ2v) is 8.43. The van der Waals surface area contributed by atoms with Gasteiger partial charge in [-0.25, -0.2) is 0 Å². The van der Waals surface area contributed by atoms with Gasteiger partial charge >= 0.3 is 0 Å². The third-order valence-corrected chi connectivity index (χ3v) is 7.20. The van der Waals surface area contributed by atoms with E-state index in [9.17, 15) is 10.2 Å². The van der Waals surface area contributed by atoms with E-state index in [0.717, 1.165) is 38.7 Å². The minimum Gasteiger partial charge on any atom is -0.508 e. The molecule has 0 aromatic heterocycles. The van der Waals surface area contributed by atoms with Gasteiger partial charge in [-0.1, -0.05) is 19.9 Å². The van der Waals surface area contributed by atoms with E-state index in [-0.39, 0.29) is 17.6 Å². The lowest BCUT2D eigenvalue weighted by Gasteiger charge is -2.49. The molecule has 0 aliphatic heterocycles. The Kier molecular flexibility index (Phi) is 4.12. The van der Waals surface area contributed by atoms with Gasteiger partial charge < -0.3 is 14.9 Å². The van der Waals surface area contributed by atoms with E-state index in [0.29, 0.717) is 23.5 Å². The fourth-order valence-electron chi connectivity index (χ4n) is 5.96. The number of aromatic hydroxyl groups is 1. The van der Waals surface area contributed by atoms with Gasteiger partial charge in [0.05, 0.1) is 12.2 Å². The average Bonchev–Trinajstić information content (AvgIpc) is 2.84. The van der Waals surface area contributed by atoms with E-state index >= 15 is 0 Å². The van der Waals surface area contributed by atoms with Crippen molar-refractivity contribution in [1.82, 2.24) is 0 Å². The van der Waals surface area contributed by atoms with E-state index in [2.05, 4.69) is 19.9 Å². The Balaban J connectivity index is 1.61. The molecule has 3 aliphatic rings. The van der Waals surface area contributed by atoms with Gasteiger partial charge in [-0.3, -0.25) is 0 Å². The number of aliphatic hydroxyl groups is 1. The highest BCUT2D eigenvalue weighted by Crippen LogP contribution is 2.61. The summed E-state index contributed by atoms with van der Waals surface area (Å²) in [4.78, 5) is 0. The zero-order chi connectivity index (χ0) is 16.9. The number of phenolic OH excluding ortho intramolecular Hbond substituents is 1. The number of rotatable bonds is 3. The molecule has 0 bridgehead atoms. The van der Waals surface area contributed by atoms with Crippen molar-refractivity contribution in [2.75, 3.05) is 6.61 Å². The first-order valence-electron chi connectivity index (χ1n) is 9.66. The van der Waals surface area contributed by atoms with Crippen LogP contribution < -0.4 is 0 Å². The number of fused-ring (bicyclic) bond motifs is 5. The van der Waals surface area contributed by atoms with Gasteiger partial charge in [-0.2, -0.15) is 0 Å². The zero-order valence-electron chi connectivity index (χ0n) is 14.9. The van der Waals surface area contributed by atoms with Crippen molar-refractivity contribution >= 4 is 0 Å². The Labute approximate surface area is 145 Å². The van der Waals surface area contributed by atoms with Crippen LogP contribution in [0.4, 0.5) is 0 Å². The molecule has 0 heterocycles. The normalized spacial score (nSPS) is 40.7. The van der Waals surface area contributed by atoms with Crippen LogP contribution >= 0.6 is 0 Å². The summed E-state index contributed by atoms with van der Waals surface area (Å²) in [5.74, 6) is 2.17. The summed E-state index contributed by atoms with van der Waals surface area (Å²) in [5.41, 5.74) is 2.78. The van der Waals surface area contributed by atoms with Gasteiger partial charge in [0.25, 0.3) is 0 Å². The number of hydrogen-bond donors (Lipinski definition) is 2. The monoisotopic (exact) mass is 330 g/mol. The second-order valence-electron chi connectivity index (χ2n) is 8.43. The summed E-state index contributed by atoms with van der Waals surface area (Å²) in [6.45, 7) is 5.17. The van der Waals surface area contributed by atoms with Crippen LogP contribution in [-0.4, -0.2) is 29.0 Å². The van der Waals surface area contributed by atoms with Crippen LogP contribution in [0.3, 0.4) is 0 Å². The lowest BCUT2D eigenvalue weighted by molar-refractivity contribution is -0.0717. The molecule has 132 valence electrons. The van der Waals surface area contributed by atoms with Gasteiger partial charge in [-0.15, -0.1) is 0 Å². The van der Waals surface area contributed by atoms with E-state index in [1.54, 1.807) is 0 Å². The molecule has 0 amide bonds. The van der Waals surface area contributed by atoms with Gasteiger partial charge in [0, 0.05) is 6.61 Å². The van der Waals surface area contributed by atoms with Crippen molar-refractivity contribution < 1.29 is 14.9 Å². The lowest BCUT2D eigenvalue weighted by atomic mass is 9.55. The van der Waals surface area contributed by atoms with Crippen molar-refractivity contribution in [3.8, 4) is 5.75 Å². The fourth-order valence-corrected chi connectivity index (χ4v) is 5.96. The quantitative estimate of drug-likeness (QED) is 0.880. The molecule has 1 aromatic rings. The molecule has 3 aliphatic carbocycles. The van der Waals surface area contributed by atoms with Crippen LogP contribution in [-0.2, 0) is 11.2 Å². The molecule has 3 nitrogen and oxygen atoms in total. The van der Waals surface area contributed by atoms with Crippen LogP contribution in [0.2, 0.25) is 0 Å². The molecule has 0 spiro atoms. The maximum atomic E-state index is 10.9. The maximum absolute atomic E-state index is 10.9. The summed E-state index contributed by atoms with van der Waals surface area (Å²) in [6.07, 6.45) is 6.15. The van der Waals surface area contributed by atoms with Crippen LogP contribution in [0.5, 0.6) is 5.75 Å². The molecular formula is C21H30O3. The number of aryl methyl sites for hydroxylation is 1. The minimum atomic E-state index is -0.323. The summed E-state index contributed by atoms with van der Waals surface area (Å²) in [6, 6.07) is 5.93. The molecule has 4 rings (SSSR count). The van der Waals surface area contributed by atoms with Gasteiger partial charge in [0.2, 0.25) is 0 Å². The SMILES string of the molecule is CCCOC1C[C@H]2[C@@H]3CCc4cc(O)ccc4[C@H]3CC[C@]2(C)[C@@H]1O. The molecule has 6 atom stereocenters. The maximum Gasteiger partial charge on any atom is 0.115 e. The second kappa shape index (κ2) is 6.03. The van der Waals surface area contributed by atoms with Gasteiger partial charge in [-0.05, 0) is 85.0 Å². The number of phenols is 1. The largest absolute Gasteiger partial charge is 0.508 e. The van der Waals surface area contributed by atoms with Gasteiger partial charge in [0.15, 0.2) is 0 Å². The van der Waals surface area contributed by atoms with Crippen molar-refractivity contribution in [1.29, 1.82) is 0 Å². The Hall–Kier alpha value is -1.06. The minimum absolute atomic E-state index is 0.00793. The highest BCUT2D eigenvalue weighted by molar-refractivity contribution is 5.40. The predicted octanol–water partition coefficient (Wildman–Crippen LogP) is 4.01. The topological polar surface area (TPSA) is 49.7 Å². The standard InChI is InChI=1S/C21H30O3/c1-3-10-24-19-12-18-17-6-4-13-11-14(22)5-7-15(13)16(17)8-9-21(18,2)20(19)23/h5,7,11,16-20,22-23H,3-4,6,8-10,12H2,1-2H3/t16-,17-,18+,19?,20-,21+/m1/s1. The molecular weight excluding hydrogens is 300 g/mol. The number of ether oxygens (including phenoxy) is 1. The first-order chi connectivity index (χ1) is 11.5. The van der Waals surface area contributed by atoms with E-state index in [1.807, 2.05) is 12.1 Å². The van der Waals surface area contributed by atoms with Crippen LogP contribution in [0.25, 0.3) is 0 Å². The number of benzene rings is 1. The Morgan fingerprint density at radius 3 is 2.92 bits per heavy atom. The Bertz CT molecular complexity index is 613. The summed E-state index contributed by atoms with van der Waals surface area (Å²) < 4.78 is 6.00. The fraction of sp³-hybridized carbons (Fsp3) is 0.714. The molecule has 2 fully saturated rings. The van der Waals surface area contributed by atoms with Crippen molar-refractivity contribution in [3.63, 3.8) is 0 Å². The van der Waals surface area contributed by atoms with Crippen molar-refractivity contribution in [2.45, 2.75) is 70.5 Å². The molecule has 24 heavy (non-hydrogen) atoms. The summed E-state index contributed by atoms with van der Waals surface area (Å²) >= 11 is 0. The third-order valence-electron chi connectivity index (χ3n) is 7.20. The zero-order valence-corrected chi connectivity index (χ0v) is 14.9. The third kappa shape index (κ3) is 2.40. The van der Waals surface area contributed by atoms with Crippen molar-refractivity contribution in [2.24, 2.45) is 17.3 Å². The molecule has 1 unspecified atom stereocenters. The predicted molar refractivity (Wildman–Crippen MR) is 94.1 cm³/mol. The molecule has 3 heteroatoms. The first-order valence-corrected chi connectivity index (χ1v) is 9.66. The molecule has 0 radical (unpaired) electrons. The highest BCUT2D eigenvalue weighted by Gasteiger charge is 2.58. The molecule has 2 N–H and O–H groups in total. The molecule has 1 aromatic carbocycles. The van der Waals surface area contributed by atoms with Crippen LogP contribution in [0.1, 0.15) is 63.0 Å². The van der Waals surface area contributed by atoms with Crippen LogP contribution in [0.15, 0.2) is 18.2 Å². The van der Waals surface area contributed by atoms with E-state index < -0.39 is 0 Å². The summed E-state index contributed by atoms with van der Waals surface area (Å²) in [7, 11) is 0. The molecule has 0 saturated heterocycles. The number of aliphatic hydroxyl groups excluding tert-OH is 1. The highest BCUT2D eigenvalue weighted by atomic mass is 16.5. The number of hydrogen-bond acceptors (Lipinski definition) is 3. The van der Waals surface area contributed by atoms with Crippen LogP contribution in [0, 0.1) is 17.3 Å².